The van der Waals surface area contributed by atoms with E-state index in [0.717, 1.165) is 38.4 Å². The van der Waals surface area contributed by atoms with E-state index in [-0.39, 0.29) is 17.2 Å². The molecule has 0 radical (unpaired) electrons. The van der Waals surface area contributed by atoms with Crippen LogP contribution in [0.3, 0.4) is 0 Å². The molecule has 3 rings (SSSR count). The van der Waals surface area contributed by atoms with Crippen molar-refractivity contribution >= 4 is 50.6 Å². The second kappa shape index (κ2) is 9.03. The molecule has 0 aliphatic heterocycles. The largest absolute Gasteiger partial charge is 0.350 e. The molecule has 1 amide bonds. The molecular formula is C19H23N3O2S3. The fourth-order valence-corrected chi connectivity index (χ4v) is 5.28. The van der Waals surface area contributed by atoms with Gasteiger partial charge in [0.1, 0.15) is 4.83 Å². The van der Waals surface area contributed by atoms with Crippen molar-refractivity contribution in [2.24, 2.45) is 0 Å². The van der Waals surface area contributed by atoms with Crippen LogP contribution in [-0.4, -0.2) is 21.2 Å². The topological polar surface area (TPSA) is 64.0 Å². The van der Waals surface area contributed by atoms with Crippen LogP contribution >= 0.6 is 34.4 Å². The fraction of sp³-hybridized carbons (Fsp3) is 0.421. The number of amides is 1. The van der Waals surface area contributed by atoms with Crippen molar-refractivity contribution < 1.29 is 4.79 Å². The summed E-state index contributed by atoms with van der Waals surface area (Å²) >= 11 is 4.50. The Morgan fingerprint density at radius 2 is 2.19 bits per heavy atom. The molecule has 8 heteroatoms. The molecule has 0 spiro atoms. The average Bonchev–Trinajstić information content (AvgIpc) is 3.26. The second-order valence-corrected chi connectivity index (χ2v) is 9.49. The molecule has 1 N–H and O–H groups in total. The molecule has 5 nitrogen and oxygen atoms in total. The molecule has 0 fully saturated rings. The van der Waals surface area contributed by atoms with Crippen molar-refractivity contribution in [2.45, 2.75) is 51.9 Å². The molecule has 27 heavy (non-hydrogen) atoms. The Labute approximate surface area is 170 Å². The lowest BCUT2D eigenvalue weighted by molar-refractivity contribution is -0.118. The zero-order chi connectivity index (χ0) is 19.4. The van der Waals surface area contributed by atoms with E-state index < -0.39 is 0 Å². The zero-order valence-electron chi connectivity index (χ0n) is 15.7. The van der Waals surface area contributed by atoms with Crippen LogP contribution in [0.25, 0.3) is 10.2 Å². The van der Waals surface area contributed by atoms with Gasteiger partial charge in [0.2, 0.25) is 5.91 Å². The van der Waals surface area contributed by atoms with Crippen molar-refractivity contribution in [3.8, 4) is 0 Å². The van der Waals surface area contributed by atoms with Gasteiger partial charge < -0.3 is 5.32 Å². The van der Waals surface area contributed by atoms with Gasteiger partial charge in [0.15, 0.2) is 5.16 Å². The highest BCUT2D eigenvalue weighted by molar-refractivity contribution is 7.99. The molecule has 0 saturated heterocycles. The summed E-state index contributed by atoms with van der Waals surface area (Å²) in [7, 11) is 0. The Morgan fingerprint density at radius 1 is 1.37 bits per heavy atom. The third kappa shape index (κ3) is 4.62. The normalized spacial score (nSPS) is 11.2. The summed E-state index contributed by atoms with van der Waals surface area (Å²) in [6.07, 6.45) is 1.91. The molecular weight excluding hydrogens is 398 g/mol. The van der Waals surface area contributed by atoms with E-state index in [1.165, 1.54) is 11.8 Å². The lowest BCUT2D eigenvalue weighted by atomic mass is 10.2. The van der Waals surface area contributed by atoms with Crippen molar-refractivity contribution in [1.82, 2.24) is 14.9 Å². The summed E-state index contributed by atoms with van der Waals surface area (Å²) in [4.78, 5) is 33.0. The number of carbonyl (C=O) groups is 1. The van der Waals surface area contributed by atoms with Crippen LogP contribution in [0.1, 0.15) is 35.1 Å². The Bertz CT molecular complexity index is 990. The van der Waals surface area contributed by atoms with E-state index in [1.807, 2.05) is 31.4 Å². The highest BCUT2D eigenvalue weighted by atomic mass is 32.2. The molecule has 0 aromatic carbocycles. The van der Waals surface area contributed by atoms with Crippen LogP contribution in [-0.2, 0) is 17.9 Å². The van der Waals surface area contributed by atoms with E-state index in [1.54, 1.807) is 27.2 Å². The number of thiophene rings is 2. The summed E-state index contributed by atoms with van der Waals surface area (Å²) in [6, 6.07) is 3.97. The number of hydrogen-bond acceptors (Lipinski definition) is 6. The van der Waals surface area contributed by atoms with Crippen LogP contribution in [0.2, 0.25) is 0 Å². The van der Waals surface area contributed by atoms with E-state index >= 15 is 0 Å². The van der Waals surface area contributed by atoms with Gasteiger partial charge >= 0.3 is 0 Å². The molecule has 144 valence electrons. The minimum atomic E-state index is -0.0525. The number of rotatable bonds is 8. The molecule has 0 saturated carbocycles. The van der Waals surface area contributed by atoms with Gasteiger partial charge in [0.25, 0.3) is 5.56 Å². The number of aromatic nitrogens is 2. The Morgan fingerprint density at radius 3 is 2.89 bits per heavy atom. The van der Waals surface area contributed by atoms with Crippen LogP contribution in [0.15, 0.2) is 27.5 Å². The predicted molar refractivity (Wildman–Crippen MR) is 115 cm³/mol. The maximum atomic E-state index is 13.0. The Hall–Kier alpha value is -1.64. The van der Waals surface area contributed by atoms with E-state index in [2.05, 4.69) is 12.2 Å². The van der Waals surface area contributed by atoms with Gasteiger partial charge in [0.05, 0.1) is 17.7 Å². The number of thioether (sulfide) groups is 1. The zero-order valence-corrected chi connectivity index (χ0v) is 18.2. The van der Waals surface area contributed by atoms with Gasteiger partial charge in [-0.05, 0) is 37.3 Å². The van der Waals surface area contributed by atoms with E-state index in [9.17, 15) is 9.59 Å². The van der Waals surface area contributed by atoms with Crippen LogP contribution in [0, 0.1) is 13.8 Å². The van der Waals surface area contributed by atoms with Crippen molar-refractivity contribution in [3.05, 3.63) is 43.2 Å². The third-order valence-corrected chi connectivity index (χ3v) is 7.32. The number of unbranched alkanes of at least 4 members (excludes halogenated alkanes) is 1. The Kier molecular flexibility index (Phi) is 6.73. The number of hydrogen-bond donors (Lipinski definition) is 1. The average molecular weight is 422 g/mol. The van der Waals surface area contributed by atoms with Crippen molar-refractivity contribution in [2.75, 3.05) is 5.75 Å². The lowest BCUT2D eigenvalue weighted by Crippen LogP contribution is -2.26. The molecule has 3 aromatic heterocycles. The number of nitrogens with one attached hydrogen (secondary N) is 1. The van der Waals surface area contributed by atoms with Crippen LogP contribution < -0.4 is 10.9 Å². The quantitative estimate of drug-likeness (QED) is 0.434. The van der Waals surface area contributed by atoms with Gasteiger partial charge in [-0.3, -0.25) is 14.2 Å². The lowest BCUT2D eigenvalue weighted by Gasteiger charge is -2.11. The highest BCUT2D eigenvalue weighted by Crippen LogP contribution is 2.28. The number of aryl methyl sites for hydroxylation is 2. The summed E-state index contributed by atoms with van der Waals surface area (Å²) in [6.45, 7) is 7.26. The molecule has 0 aliphatic carbocycles. The molecule has 0 atom stereocenters. The summed E-state index contributed by atoms with van der Waals surface area (Å²) in [5, 5.41) is 6.27. The molecule has 0 bridgehead atoms. The highest BCUT2D eigenvalue weighted by Gasteiger charge is 2.17. The summed E-state index contributed by atoms with van der Waals surface area (Å²) in [5.74, 6) is 0.196. The van der Waals surface area contributed by atoms with Crippen molar-refractivity contribution in [3.63, 3.8) is 0 Å². The maximum absolute atomic E-state index is 13.0. The fourth-order valence-electron chi connectivity index (χ4n) is 2.71. The molecule has 0 unspecified atom stereocenters. The number of carbonyl (C=O) groups excluding carboxylic acids is 1. The minimum absolute atomic E-state index is 0.0109. The second-order valence-electron chi connectivity index (χ2n) is 6.31. The Balaban J connectivity index is 1.79. The first kappa shape index (κ1) is 20.1. The van der Waals surface area contributed by atoms with Gasteiger partial charge in [0, 0.05) is 16.3 Å². The van der Waals surface area contributed by atoms with Crippen LogP contribution in [0.5, 0.6) is 0 Å². The molecule has 3 heterocycles. The first-order valence-electron chi connectivity index (χ1n) is 8.93. The smallest absolute Gasteiger partial charge is 0.263 e. The van der Waals surface area contributed by atoms with Gasteiger partial charge in [-0.15, -0.1) is 22.7 Å². The number of fused-ring (bicyclic) bond motifs is 1. The van der Waals surface area contributed by atoms with Gasteiger partial charge in [-0.2, -0.15) is 0 Å². The monoisotopic (exact) mass is 421 g/mol. The van der Waals surface area contributed by atoms with Crippen LogP contribution in [0.4, 0.5) is 0 Å². The minimum Gasteiger partial charge on any atom is -0.350 e. The van der Waals surface area contributed by atoms with E-state index in [0.29, 0.717) is 18.2 Å². The first-order valence-corrected chi connectivity index (χ1v) is 11.6. The van der Waals surface area contributed by atoms with Gasteiger partial charge in [-0.25, -0.2) is 4.98 Å². The van der Waals surface area contributed by atoms with E-state index in [4.69, 9.17) is 4.98 Å². The molecule has 3 aromatic rings. The predicted octanol–water partition coefficient (Wildman–Crippen LogP) is 4.34. The molecule has 0 aliphatic rings. The standard InChI is InChI=1S/C19H23N3O2S3/c1-4-5-8-22-18(24)16-12(2)13(3)27-17(16)21-19(22)26-11-15(23)20-10-14-7-6-9-25-14/h6-7,9H,4-5,8,10-11H2,1-3H3,(H,20,23). The maximum Gasteiger partial charge on any atom is 0.263 e. The summed E-state index contributed by atoms with van der Waals surface area (Å²) in [5.41, 5.74) is 1.03. The first-order chi connectivity index (χ1) is 13.0. The SMILES string of the molecule is CCCCn1c(SCC(=O)NCc2cccs2)nc2sc(C)c(C)c2c1=O. The number of nitrogens with zero attached hydrogens (tertiary/aromatic N) is 2. The summed E-state index contributed by atoms with van der Waals surface area (Å²) < 4.78 is 1.74. The third-order valence-electron chi connectivity index (χ3n) is 4.36. The van der Waals surface area contributed by atoms with Crippen molar-refractivity contribution in [1.29, 1.82) is 0 Å². The van der Waals surface area contributed by atoms with Gasteiger partial charge in [-0.1, -0.05) is 31.2 Å².